The van der Waals surface area contributed by atoms with Crippen LogP contribution >= 0.6 is 46.3 Å². The molecule has 1 aromatic carbocycles. The first-order valence-electron chi connectivity index (χ1n) is 4.77. The average Bonchev–Trinajstić information content (AvgIpc) is 2.79. The molecule has 17 heavy (non-hydrogen) atoms. The van der Waals surface area contributed by atoms with Gasteiger partial charge in [0.2, 0.25) is 5.13 Å². The number of thioether (sulfide) groups is 1. The molecule has 0 aliphatic rings. The van der Waals surface area contributed by atoms with Crippen LogP contribution < -0.4 is 5.32 Å². The molecule has 3 nitrogen and oxygen atoms in total. The van der Waals surface area contributed by atoms with Crippen molar-refractivity contribution in [1.82, 2.24) is 10.2 Å². The SMILES string of the molecule is CNc1nnc(SCc2ccc(Cl)c(Cl)c2)s1. The topological polar surface area (TPSA) is 37.8 Å². The van der Waals surface area contributed by atoms with E-state index in [9.17, 15) is 0 Å². The van der Waals surface area contributed by atoms with E-state index < -0.39 is 0 Å². The zero-order chi connectivity index (χ0) is 12.3. The highest BCUT2D eigenvalue weighted by molar-refractivity contribution is 8.00. The van der Waals surface area contributed by atoms with Crippen molar-refractivity contribution >= 4 is 51.4 Å². The van der Waals surface area contributed by atoms with Crippen molar-refractivity contribution in [3.8, 4) is 0 Å². The predicted molar refractivity (Wildman–Crippen MR) is 75.5 cm³/mol. The van der Waals surface area contributed by atoms with E-state index in [1.54, 1.807) is 17.8 Å². The number of halogens is 2. The van der Waals surface area contributed by atoms with Crippen LogP contribution in [0.15, 0.2) is 22.5 Å². The van der Waals surface area contributed by atoms with Gasteiger partial charge >= 0.3 is 0 Å². The van der Waals surface area contributed by atoms with Gasteiger partial charge in [0.15, 0.2) is 4.34 Å². The van der Waals surface area contributed by atoms with Crippen molar-refractivity contribution < 1.29 is 0 Å². The van der Waals surface area contributed by atoms with Crippen LogP contribution in [0.3, 0.4) is 0 Å². The fraction of sp³-hybridized carbons (Fsp3) is 0.200. The molecule has 1 heterocycles. The van der Waals surface area contributed by atoms with Gasteiger partial charge in [0, 0.05) is 12.8 Å². The molecule has 0 unspecified atom stereocenters. The maximum absolute atomic E-state index is 5.95. The van der Waals surface area contributed by atoms with Crippen molar-refractivity contribution in [3.63, 3.8) is 0 Å². The van der Waals surface area contributed by atoms with Crippen molar-refractivity contribution in [2.45, 2.75) is 10.1 Å². The molecule has 1 N–H and O–H groups in total. The van der Waals surface area contributed by atoms with Crippen LogP contribution in [0.25, 0.3) is 0 Å². The van der Waals surface area contributed by atoms with Gasteiger partial charge in [-0.25, -0.2) is 0 Å². The first-order chi connectivity index (χ1) is 8.19. The molecule has 2 rings (SSSR count). The molecule has 0 saturated carbocycles. The molecule has 0 atom stereocenters. The van der Waals surface area contributed by atoms with E-state index >= 15 is 0 Å². The zero-order valence-electron chi connectivity index (χ0n) is 8.91. The van der Waals surface area contributed by atoms with Crippen LogP contribution in [0.2, 0.25) is 10.0 Å². The van der Waals surface area contributed by atoms with E-state index in [1.165, 1.54) is 11.3 Å². The Morgan fingerprint density at radius 1 is 1.29 bits per heavy atom. The fourth-order valence-corrected chi connectivity index (χ4v) is 3.11. The van der Waals surface area contributed by atoms with E-state index in [4.69, 9.17) is 23.2 Å². The van der Waals surface area contributed by atoms with E-state index in [2.05, 4.69) is 15.5 Å². The second-order valence-corrected chi connectivity index (χ2v) is 6.17. The summed E-state index contributed by atoms with van der Waals surface area (Å²) in [6, 6.07) is 5.64. The molecule has 0 bridgehead atoms. The van der Waals surface area contributed by atoms with Gasteiger partial charge in [-0.3, -0.25) is 0 Å². The monoisotopic (exact) mass is 305 g/mol. The van der Waals surface area contributed by atoms with Crippen LogP contribution in [0, 0.1) is 0 Å². The Morgan fingerprint density at radius 2 is 2.12 bits per heavy atom. The van der Waals surface area contributed by atoms with Crippen molar-refractivity contribution in [1.29, 1.82) is 0 Å². The van der Waals surface area contributed by atoms with E-state index in [1.807, 2.05) is 19.2 Å². The minimum atomic E-state index is 0.578. The smallest absolute Gasteiger partial charge is 0.206 e. The highest BCUT2D eigenvalue weighted by atomic mass is 35.5. The first kappa shape index (κ1) is 13.0. The molecule has 2 aromatic rings. The molecule has 7 heteroatoms. The Labute approximate surface area is 118 Å². The lowest BCUT2D eigenvalue weighted by atomic mass is 10.2. The predicted octanol–water partition coefficient (Wildman–Crippen LogP) is 4.18. The summed E-state index contributed by atoms with van der Waals surface area (Å²) in [6.45, 7) is 0. The molecular weight excluding hydrogens is 297 g/mol. The maximum Gasteiger partial charge on any atom is 0.206 e. The normalized spacial score (nSPS) is 10.5. The molecule has 0 spiro atoms. The Morgan fingerprint density at radius 3 is 2.76 bits per heavy atom. The van der Waals surface area contributed by atoms with E-state index in [0.717, 1.165) is 20.8 Å². The fourth-order valence-electron chi connectivity index (χ4n) is 1.14. The summed E-state index contributed by atoms with van der Waals surface area (Å²) < 4.78 is 0.931. The molecule has 1 aromatic heterocycles. The Bertz CT molecular complexity index is 516. The number of nitrogens with one attached hydrogen (secondary N) is 1. The summed E-state index contributed by atoms with van der Waals surface area (Å²) in [6.07, 6.45) is 0. The average molecular weight is 306 g/mol. The van der Waals surface area contributed by atoms with Crippen LogP contribution in [0.1, 0.15) is 5.56 Å². The van der Waals surface area contributed by atoms with Gasteiger partial charge in [0.05, 0.1) is 10.0 Å². The van der Waals surface area contributed by atoms with Gasteiger partial charge in [0.1, 0.15) is 0 Å². The standard InChI is InChI=1S/C10H9Cl2N3S2/c1-13-9-14-15-10(17-9)16-5-6-2-3-7(11)8(12)4-6/h2-4H,5H2,1H3,(H,13,14). The summed E-state index contributed by atoms with van der Waals surface area (Å²) in [5, 5.41) is 13.0. The second kappa shape index (κ2) is 5.91. The summed E-state index contributed by atoms with van der Waals surface area (Å²) in [5.41, 5.74) is 1.12. The van der Waals surface area contributed by atoms with Gasteiger partial charge < -0.3 is 5.32 Å². The summed E-state index contributed by atoms with van der Waals surface area (Å²) in [4.78, 5) is 0. The lowest BCUT2D eigenvalue weighted by Gasteiger charge is -2.00. The number of benzene rings is 1. The van der Waals surface area contributed by atoms with Gasteiger partial charge in [-0.15, -0.1) is 10.2 Å². The van der Waals surface area contributed by atoms with Gasteiger partial charge in [0.25, 0.3) is 0 Å². The molecule has 0 amide bonds. The highest BCUT2D eigenvalue weighted by Crippen LogP contribution is 2.30. The van der Waals surface area contributed by atoms with Crippen LogP contribution in [0.4, 0.5) is 5.13 Å². The maximum atomic E-state index is 5.95. The summed E-state index contributed by atoms with van der Waals surface area (Å²) in [5.74, 6) is 0.801. The molecular formula is C10H9Cl2N3S2. The van der Waals surface area contributed by atoms with Crippen molar-refractivity contribution in [2.75, 3.05) is 12.4 Å². The third kappa shape index (κ3) is 3.48. The third-order valence-corrected chi connectivity index (χ3v) is 4.85. The number of rotatable bonds is 4. The molecule has 0 aliphatic heterocycles. The molecule has 0 saturated heterocycles. The van der Waals surface area contributed by atoms with Crippen molar-refractivity contribution in [3.05, 3.63) is 33.8 Å². The third-order valence-electron chi connectivity index (χ3n) is 1.97. The van der Waals surface area contributed by atoms with Gasteiger partial charge in [-0.2, -0.15) is 0 Å². The molecule has 0 aliphatic carbocycles. The Balaban J connectivity index is 1.99. The lowest BCUT2D eigenvalue weighted by molar-refractivity contribution is 1.01. The van der Waals surface area contributed by atoms with E-state index in [-0.39, 0.29) is 0 Å². The quantitative estimate of drug-likeness (QED) is 0.860. The van der Waals surface area contributed by atoms with E-state index in [0.29, 0.717) is 10.0 Å². The number of aromatic nitrogens is 2. The number of anilines is 1. The number of nitrogens with zero attached hydrogens (tertiary/aromatic N) is 2. The summed E-state index contributed by atoms with van der Waals surface area (Å²) >= 11 is 15.0. The largest absolute Gasteiger partial charge is 0.363 e. The minimum absolute atomic E-state index is 0.578. The first-order valence-corrected chi connectivity index (χ1v) is 7.33. The van der Waals surface area contributed by atoms with Crippen LogP contribution in [0.5, 0.6) is 0 Å². The van der Waals surface area contributed by atoms with Gasteiger partial charge in [-0.1, -0.05) is 52.4 Å². The van der Waals surface area contributed by atoms with Crippen LogP contribution in [-0.2, 0) is 5.75 Å². The summed E-state index contributed by atoms with van der Waals surface area (Å²) in [7, 11) is 1.83. The molecule has 0 radical (unpaired) electrons. The zero-order valence-corrected chi connectivity index (χ0v) is 12.1. The highest BCUT2D eigenvalue weighted by Gasteiger charge is 2.05. The minimum Gasteiger partial charge on any atom is -0.363 e. The number of hydrogen-bond acceptors (Lipinski definition) is 5. The Hall–Kier alpha value is -0.490. The van der Waals surface area contributed by atoms with Crippen molar-refractivity contribution in [2.24, 2.45) is 0 Å². The van der Waals surface area contributed by atoms with Gasteiger partial charge in [-0.05, 0) is 17.7 Å². The van der Waals surface area contributed by atoms with Crippen LogP contribution in [-0.4, -0.2) is 17.2 Å². The lowest BCUT2D eigenvalue weighted by Crippen LogP contribution is -1.84. The molecule has 0 fully saturated rings. The Kier molecular flexibility index (Phi) is 4.50. The number of hydrogen-bond donors (Lipinski definition) is 1. The second-order valence-electron chi connectivity index (χ2n) is 3.16. The molecule has 90 valence electrons.